The van der Waals surface area contributed by atoms with E-state index in [1.807, 2.05) is 0 Å². The molecule has 0 aromatic rings. The average Bonchev–Trinajstić information content (AvgIpc) is 2.26. The summed E-state index contributed by atoms with van der Waals surface area (Å²) in [6, 6.07) is 0. The molecule has 1 aliphatic heterocycles. The van der Waals surface area contributed by atoms with E-state index < -0.39 is 17.0 Å². The highest BCUT2D eigenvalue weighted by Crippen LogP contribution is 2.33. The Hall–Kier alpha value is -1.52. The number of carbonyl (C=O) groups is 2. The van der Waals surface area contributed by atoms with Crippen molar-refractivity contribution in [1.82, 2.24) is 4.90 Å². The Morgan fingerprint density at radius 1 is 1.33 bits per heavy atom. The Morgan fingerprint density at radius 3 is 2.17 bits per heavy atom. The number of piperidine rings is 1. The molecule has 1 amide bonds. The highest BCUT2D eigenvalue weighted by molar-refractivity contribution is 5.77. The van der Waals surface area contributed by atoms with Crippen molar-refractivity contribution in [1.29, 1.82) is 0 Å². The first-order valence-electron chi connectivity index (χ1n) is 6.05. The van der Waals surface area contributed by atoms with Crippen molar-refractivity contribution in [3.63, 3.8) is 0 Å². The van der Waals surface area contributed by atoms with Gasteiger partial charge in [0.1, 0.15) is 5.60 Å². The minimum Gasteiger partial charge on any atom is -0.481 e. The van der Waals surface area contributed by atoms with Gasteiger partial charge in [-0.15, -0.1) is 6.58 Å². The van der Waals surface area contributed by atoms with Crippen LogP contribution in [0.3, 0.4) is 0 Å². The predicted octanol–water partition coefficient (Wildman–Crippen LogP) is 2.27. The van der Waals surface area contributed by atoms with Crippen LogP contribution >= 0.6 is 0 Å². The Labute approximate surface area is 107 Å². The van der Waals surface area contributed by atoms with Crippen molar-refractivity contribution >= 4 is 12.1 Å². The van der Waals surface area contributed by atoms with Crippen LogP contribution in [0.25, 0.3) is 0 Å². The molecule has 0 unspecified atom stereocenters. The molecule has 1 N–H and O–H groups in total. The smallest absolute Gasteiger partial charge is 0.410 e. The van der Waals surface area contributed by atoms with Gasteiger partial charge < -0.3 is 14.7 Å². The second-order valence-corrected chi connectivity index (χ2v) is 5.63. The highest BCUT2D eigenvalue weighted by atomic mass is 16.6. The average molecular weight is 255 g/mol. The summed E-state index contributed by atoms with van der Waals surface area (Å²) in [5.74, 6) is -0.874. The molecular weight excluding hydrogens is 234 g/mol. The molecule has 0 aliphatic carbocycles. The van der Waals surface area contributed by atoms with Gasteiger partial charge in [0, 0.05) is 13.1 Å². The lowest BCUT2D eigenvalue weighted by Crippen LogP contribution is -2.47. The van der Waals surface area contributed by atoms with Crippen LogP contribution in [0.5, 0.6) is 0 Å². The van der Waals surface area contributed by atoms with Crippen molar-refractivity contribution < 1.29 is 19.4 Å². The SMILES string of the molecule is C=CC1(C(=O)O)CCN(C(=O)OC(C)(C)C)CC1. The maximum Gasteiger partial charge on any atom is 0.410 e. The van der Waals surface area contributed by atoms with E-state index in [1.165, 1.54) is 6.08 Å². The zero-order chi connectivity index (χ0) is 14.0. The molecule has 0 bridgehead atoms. The number of amides is 1. The number of carboxylic acids is 1. The molecule has 0 aromatic carbocycles. The van der Waals surface area contributed by atoms with E-state index in [9.17, 15) is 14.7 Å². The number of nitrogens with zero attached hydrogens (tertiary/aromatic N) is 1. The lowest BCUT2D eigenvalue weighted by Gasteiger charge is -2.37. The van der Waals surface area contributed by atoms with Crippen LogP contribution in [-0.2, 0) is 9.53 Å². The lowest BCUT2D eigenvalue weighted by molar-refractivity contribution is -0.148. The maximum atomic E-state index is 11.8. The monoisotopic (exact) mass is 255 g/mol. The predicted molar refractivity (Wildman–Crippen MR) is 67.3 cm³/mol. The molecule has 1 heterocycles. The van der Waals surface area contributed by atoms with Crippen molar-refractivity contribution in [2.24, 2.45) is 5.41 Å². The molecule has 0 radical (unpaired) electrons. The molecule has 0 atom stereocenters. The number of likely N-dealkylation sites (tertiary alicyclic amines) is 1. The molecule has 1 aliphatic rings. The van der Waals surface area contributed by atoms with E-state index in [0.717, 1.165) is 0 Å². The second kappa shape index (κ2) is 5.00. The third-order valence-corrected chi connectivity index (χ3v) is 3.12. The van der Waals surface area contributed by atoms with Crippen molar-refractivity contribution in [2.75, 3.05) is 13.1 Å². The van der Waals surface area contributed by atoms with Crippen molar-refractivity contribution in [3.8, 4) is 0 Å². The molecule has 102 valence electrons. The molecule has 1 fully saturated rings. The quantitative estimate of drug-likeness (QED) is 0.769. The Morgan fingerprint density at radius 2 is 1.83 bits per heavy atom. The van der Waals surface area contributed by atoms with Gasteiger partial charge in [-0.1, -0.05) is 6.08 Å². The fourth-order valence-corrected chi connectivity index (χ4v) is 1.92. The zero-order valence-electron chi connectivity index (χ0n) is 11.2. The third kappa shape index (κ3) is 3.24. The fourth-order valence-electron chi connectivity index (χ4n) is 1.92. The van der Waals surface area contributed by atoms with Gasteiger partial charge in [-0.25, -0.2) is 4.79 Å². The van der Waals surface area contributed by atoms with E-state index >= 15 is 0 Å². The summed E-state index contributed by atoms with van der Waals surface area (Å²) < 4.78 is 5.25. The Balaban J connectivity index is 2.61. The van der Waals surface area contributed by atoms with Gasteiger partial charge in [0.15, 0.2) is 0 Å². The van der Waals surface area contributed by atoms with Gasteiger partial charge in [-0.05, 0) is 33.6 Å². The minimum atomic E-state index is -0.904. The zero-order valence-corrected chi connectivity index (χ0v) is 11.2. The van der Waals surface area contributed by atoms with Crippen LogP contribution in [-0.4, -0.2) is 40.8 Å². The van der Waals surface area contributed by atoms with Gasteiger partial charge in [0.2, 0.25) is 0 Å². The summed E-state index contributed by atoms with van der Waals surface area (Å²) in [6.45, 7) is 9.77. The summed E-state index contributed by atoms with van der Waals surface area (Å²) in [7, 11) is 0. The minimum absolute atomic E-state index is 0.380. The van der Waals surface area contributed by atoms with Crippen LogP contribution in [0.1, 0.15) is 33.6 Å². The Kier molecular flexibility index (Phi) is 4.04. The van der Waals surface area contributed by atoms with Crippen LogP contribution in [0.2, 0.25) is 0 Å². The van der Waals surface area contributed by atoms with Gasteiger partial charge >= 0.3 is 12.1 Å². The number of ether oxygens (including phenoxy) is 1. The van der Waals surface area contributed by atoms with Crippen molar-refractivity contribution in [2.45, 2.75) is 39.2 Å². The molecule has 1 rings (SSSR count). The summed E-state index contributed by atoms with van der Waals surface area (Å²) in [4.78, 5) is 24.6. The first-order chi connectivity index (χ1) is 8.20. The first-order valence-corrected chi connectivity index (χ1v) is 6.05. The molecule has 0 aromatic heterocycles. The molecule has 18 heavy (non-hydrogen) atoms. The second-order valence-electron chi connectivity index (χ2n) is 5.63. The highest BCUT2D eigenvalue weighted by Gasteiger charge is 2.40. The first kappa shape index (κ1) is 14.5. The van der Waals surface area contributed by atoms with Gasteiger partial charge in [0.05, 0.1) is 5.41 Å². The molecule has 5 nitrogen and oxygen atoms in total. The molecule has 5 heteroatoms. The van der Waals surface area contributed by atoms with E-state index in [2.05, 4.69) is 6.58 Å². The van der Waals surface area contributed by atoms with Gasteiger partial charge in [-0.2, -0.15) is 0 Å². The van der Waals surface area contributed by atoms with Crippen molar-refractivity contribution in [3.05, 3.63) is 12.7 Å². The maximum absolute atomic E-state index is 11.8. The number of hydrogen-bond acceptors (Lipinski definition) is 3. The van der Waals surface area contributed by atoms with Crippen LogP contribution in [0.15, 0.2) is 12.7 Å². The van der Waals surface area contributed by atoms with E-state index in [0.29, 0.717) is 25.9 Å². The van der Waals surface area contributed by atoms with Gasteiger partial charge in [-0.3, -0.25) is 4.79 Å². The molecule has 1 saturated heterocycles. The summed E-state index contributed by atoms with van der Waals surface area (Å²) in [5.41, 5.74) is -1.44. The van der Waals surface area contributed by atoms with Gasteiger partial charge in [0.25, 0.3) is 0 Å². The standard InChI is InChI=1S/C13H21NO4/c1-5-13(10(15)16)6-8-14(9-7-13)11(17)18-12(2,3)4/h5H,1,6-9H2,2-4H3,(H,15,16). The van der Waals surface area contributed by atoms with E-state index in [-0.39, 0.29) is 6.09 Å². The number of carboxylic acid groups (broad SMARTS) is 1. The number of carbonyl (C=O) groups excluding carboxylic acids is 1. The van der Waals surface area contributed by atoms with E-state index in [4.69, 9.17) is 4.74 Å². The lowest BCUT2D eigenvalue weighted by atomic mass is 9.79. The van der Waals surface area contributed by atoms with E-state index in [1.54, 1.807) is 25.7 Å². The normalized spacial score (nSPS) is 19.2. The third-order valence-electron chi connectivity index (χ3n) is 3.12. The largest absolute Gasteiger partial charge is 0.481 e. The topological polar surface area (TPSA) is 66.8 Å². The molecule has 0 saturated carbocycles. The summed E-state index contributed by atoms with van der Waals surface area (Å²) in [5, 5.41) is 9.19. The number of rotatable bonds is 2. The molecular formula is C13H21NO4. The van der Waals surface area contributed by atoms with Crippen LogP contribution in [0, 0.1) is 5.41 Å². The summed E-state index contributed by atoms with van der Waals surface area (Å²) in [6.07, 6.45) is 1.85. The Bertz CT molecular complexity index is 348. The number of aliphatic carboxylic acids is 1. The molecule has 0 spiro atoms. The summed E-state index contributed by atoms with van der Waals surface area (Å²) >= 11 is 0. The number of hydrogen-bond donors (Lipinski definition) is 1. The van der Waals surface area contributed by atoms with Crippen LogP contribution < -0.4 is 0 Å². The fraction of sp³-hybridized carbons (Fsp3) is 0.692. The van der Waals surface area contributed by atoms with Crippen LogP contribution in [0.4, 0.5) is 4.79 Å².